The molecule has 1 aliphatic rings. The lowest BCUT2D eigenvalue weighted by Crippen LogP contribution is -2.40. The zero-order valence-electron chi connectivity index (χ0n) is 13.3. The summed E-state index contributed by atoms with van der Waals surface area (Å²) in [4.78, 5) is 31.4. The van der Waals surface area contributed by atoms with Gasteiger partial charge in [0.2, 0.25) is 5.91 Å². The quantitative estimate of drug-likeness (QED) is 0.729. The highest BCUT2D eigenvalue weighted by Gasteiger charge is 2.30. The molecule has 0 unspecified atom stereocenters. The second-order valence-corrected chi connectivity index (χ2v) is 6.14. The van der Waals surface area contributed by atoms with Crippen molar-refractivity contribution in [1.82, 2.24) is 9.55 Å². The molecule has 0 aliphatic carbocycles. The zero-order valence-corrected chi connectivity index (χ0v) is 13.3. The van der Waals surface area contributed by atoms with Gasteiger partial charge in [-0.15, -0.1) is 0 Å². The monoisotopic (exact) mass is 319 g/mol. The number of nitrogens with zero attached hydrogens (tertiary/aromatic N) is 3. The summed E-state index contributed by atoms with van der Waals surface area (Å²) in [6.45, 7) is 2.02. The summed E-state index contributed by atoms with van der Waals surface area (Å²) in [5.41, 5.74) is 2.57. The summed E-state index contributed by atoms with van der Waals surface area (Å²) in [7, 11) is 0. The van der Waals surface area contributed by atoms with Gasteiger partial charge >= 0.3 is 0 Å². The average molecular weight is 319 g/mol. The SMILES string of the molecule is C[C@@H]1Cc2ccccc2N1C(=O)Cn1cnc2ccccc2c1=O. The van der Waals surface area contributed by atoms with E-state index in [2.05, 4.69) is 4.98 Å². The first kappa shape index (κ1) is 14.6. The van der Waals surface area contributed by atoms with Gasteiger partial charge in [-0.1, -0.05) is 30.3 Å². The normalized spacial score (nSPS) is 16.4. The van der Waals surface area contributed by atoms with E-state index in [1.54, 1.807) is 23.1 Å². The van der Waals surface area contributed by atoms with Crippen LogP contribution in [0.1, 0.15) is 12.5 Å². The topological polar surface area (TPSA) is 55.2 Å². The van der Waals surface area contributed by atoms with Gasteiger partial charge in [0.25, 0.3) is 5.56 Å². The molecule has 5 nitrogen and oxygen atoms in total. The van der Waals surface area contributed by atoms with E-state index < -0.39 is 0 Å². The molecule has 2 aromatic carbocycles. The number of carbonyl (C=O) groups excluding carboxylic acids is 1. The third-order valence-corrected chi connectivity index (χ3v) is 4.51. The van der Waals surface area contributed by atoms with E-state index >= 15 is 0 Å². The highest BCUT2D eigenvalue weighted by Crippen LogP contribution is 2.31. The van der Waals surface area contributed by atoms with Crippen molar-refractivity contribution in [3.05, 3.63) is 70.8 Å². The van der Waals surface area contributed by atoms with E-state index in [1.165, 1.54) is 16.5 Å². The predicted molar refractivity (Wildman–Crippen MR) is 93.1 cm³/mol. The zero-order chi connectivity index (χ0) is 16.7. The number of anilines is 1. The molecule has 1 aromatic heterocycles. The smallest absolute Gasteiger partial charge is 0.261 e. The van der Waals surface area contributed by atoms with Crippen LogP contribution in [0.5, 0.6) is 0 Å². The fourth-order valence-electron chi connectivity index (χ4n) is 3.39. The molecular weight excluding hydrogens is 302 g/mol. The maximum absolute atomic E-state index is 12.8. The third kappa shape index (κ3) is 2.29. The molecule has 1 atom stereocenters. The Kier molecular flexibility index (Phi) is 3.41. The first-order chi connectivity index (χ1) is 11.6. The van der Waals surface area contributed by atoms with Crippen molar-refractivity contribution in [3.63, 3.8) is 0 Å². The first-order valence-electron chi connectivity index (χ1n) is 7.99. The van der Waals surface area contributed by atoms with Gasteiger partial charge in [-0.3, -0.25) is 14.2 Å². The number of amides is 1. The molecule has 0 spiro atoms. The molecule has 4 rings (SSSR count). The lowest BCUT2D eigenvalue weighted by Gasteiger charge is -2.23. The van der Waals surface area contributed by atoms with Crippen molar-refractivity contribution >= 4 is 22.5 Å². The summed E-state index contributed by atoms with van der Waals surface area (Å²) >= 11 is 0. The van der Waals surface area contributed by atoms with Crippen LogP contribution in [-0.2, 0) is 17.8 Å². The van der Waals surface area contributed by atoms with Crippen molar-refractivity contribution < 1.29 is 4.79 Å². The minimum atomic E-state index is -0.186. The summed E-state index contributed by atoms with van der Waals surface area (Å²) in [6.07, 6.45) is 2.29. The van der Waals surface area contributed by atoms with Crippen molar-refractivity contribution in [2.24, 2.45) is 0 Å². The molecular formula is C19H17N3O2. The number of hydrogen-bond donors (Lipinski definition) is 0. The van der Waals surface area contributed by atoms with Gasteiger partial charge in [0.1, 0.15) is 6.54 Å². The molecule has 24 heavy (non-hydrogen) atoms. The standard InChI is InChI=1S/C19H17N3O2/c1-13-10-14-6-2-5-9-17(14)22(13)18(23)11-21-12-20-16-8-4-3-7-15(16)19(21)24/h2-9,12-13H,10-11H2,1H3/t13-/m1/s1. The Morgan fingerprint density at radius 2 is 1.92 bits per heavy atom. The number of rotatable bonds is 2. The van der Waals surface area contributed by atoms with Crippen molar-refractivity contribution in [1.29, 1.82) is 0 Å². The lowest BCUT2D eigenvalue weighted by atomic mass is 10.1. The Morgan fingerprint density at radius 1 is 1.17 bits per heavy atom. The summed E-state index contributed by atoms with van der Waals surface area (Å²) < 4.78 is 1.39. The summed E-state index contributed by atoms with van der Waals surface area (Å²) in [5, 5.41) is 0.530. The van der Waals surface area contributed by atoms with E-state index in [9.17, 15) is 9.59 Å². The largest absolute Gasteiger partial charge is 0.307 e. The Balaban J connectivity index is 1.68. The van der Waals surface area contributed by atoms with E-state index in [1.807, 2.05) is 37.3 Å². The number of para-hydroxylation sites is 2. The van der Waals surface area contributed by atoms with Crippen LogP contribution >= 0.6 is 0 Å². The van der Waals surface area contributed by atoms with Gasteiger partial charge in [0.15, 0.2) is 0 Å². The van der Waals surface area contributed by atoms with E-state index in [-0.39, 0.29) is 24.1 Å². The van der Waals surface area contributed by atoms with Crippen molar-refractivity contribution in [3.8, 4) is 0 Å². The van der Waals surface area contributed by atoms with Crippen LogP contribution in [0.3, 0.4) is 0 Å². The summed E-state index contributed by atoms with van der Waals surface area (Å²) in [5.74, 6) is -0.0911. The predicted octanol–water partition coefficient (Wildman–Crippen LogP) is 2.37. The Morgan fingerprint density at radius 3 is 2.79 bits per heavy atom. The Bertz CT molecular complexity index is 993. The fraction of sp³-hybridized carbons (Fsp3) is 0.211. The van der Waals surface area contributed by atoms with Gasteiger partial charge in [-0.05, 0) is 37.1 Å². The van der Waals surface area contributed by atoms with Crippen LogP contribution < -0.4 is 10.5 Å². The highest BCUT2D eigenvalue weighted by atomic mass is 16.2. The van der Waals surface area contributed by atoms with Gasteiger partial charge < -0.3 is 4.90 Å². The maximum atomic E-state index is 12.8. The van der Waals surface area contributed by atoms with E-state index in [0.717, 1.165) is 12.1 Å². The lowest BCUT2D eigenvalue weighted by molar-refractivity contribution is -0.119. The third-order valence-electron chi connectivity index (χ3n) is 4.51. The molecule has 5 heteroatoms. The number of benzene rings is 2. The first-order valence-corrected chi connectivity index (χ1v) is 7.99. The van der Waals surface area contributed by atoms with Gasteiger partial charge in [0, 0.05) is 11.7 Å². The fourth-order valence-corrected chi connectivity index (χ4v) is 3.39. The second kappa shape index (κ2) is 5.60. The number of carbonyl (C=O) groups is 1. The Labute approximate surface area is 139 Å². The van der Waals surface area contributed by atoms with Crippen LogP contribution in [0.15, 0.2) is 59.7 Å². The van der Waals surface area contributed by atoms with E-state index in [0.29, 0.717) is 10.9 Å². The molecule has 120 valence electrons. The molecule has 1 amide bonds. The highest BCUT2D eigenvalue weighted by molar-refractivity contribution is 5.96. The van der Waals surface area contributed by atoms with Gasteiger partial charge in [-0.25, -0.2) is 4.98 Å². The van der Waals surface area contributed by atoms with Crippen molar-refractivity contribution in [2.75, 3.05) is 4.90 Å². The molecule has 3 aromatic rings. The molecule has 1 aliphatic heterocycles. The molecule has 0 radical (unpaired) electrons. The molecule has 0 N–H and O–H groups in total. The van der Waals surface area contributed by atoms with Crippen LogP contribution in [-0.4, -0.2) is 21.5 Å². The van der Waals surface area contributed by atoms with Crippen molar-refractivity contribution in [2.45, 2.75) is 25.9 Å². The molecule has 2 heterocycles. The molecule has 0 bridgehead atoms. The minimum Gasteiger partial charge on any atom is -0.307 e. The van der Waals surface area contributed by atoms with Crippen LogP contribution in [0.25, 0.3) is 10.9 Å². The maximum Gasteiger partial charge on any atom is 0.261 e. The Hall–Kier alpha value is -2.95. The van der Waals surface area contributed by atoms with Crippen LogP contribution in [0.4, 0.5) is 5.69 Å². The number of fused-ring (bicyclic) bond motifs is 2. The van der Waals surface area contributed by atoms with E-state index in [4.69, 9.17) is 0 Å². The molecule has 0 fully saturated rings. The number of aromatic nitrogens is 2. The van der Waals surface area contributed by atoms with Crippen LogP contribution in [0, 0.1) is 0 Å². The molecule has 0 saturated heterocycles. The average Bonchev–Trinajstić information content (AvgIpc) is 2.93. The molecule has 0 saturated carbocycles. The summed E-state index contributed by atoms with van der Waals surface area (Å²) in [6, 6.07) is 15.2. The van der Waals surface area contributed by atoms with Crippen LogP contribution in [0.2, 0.25) is 0 Å². The van der Waals surface area contributed by atoms with Gasteiger partial charge in [0.05, 0.1) is 17.2 Å². The van der Waals surface area contributed by atoms with Gasteiger partial charge in [-0.2, -0.15) is 0 Å². The minimum absolute atomic E-state index is 0.00462. The second-order valence-electron chi connectivity index (χ2n) is 6.14. The number of hydrogen-bond acceptors (Lipinski definition) is 3.